The summed E-state index contributed by atoms with van der Waals surface area (Å²) in [6.45, 7) is 6.17. The van der Waals surface area contributed by atoms with E-state index in [0.29, 0.717) is 17.9 Å². The van der Waals surface area contributed by atoms with E-state index in [1.807, 2.05) is 43.3 Å². The molecule has 2 aromatic carbocycles. The average molecular weight is 335 g/mol. The minimum absolute atomic E-state index is 0. The number of nitrogens with one attached hydrogen (secondary N) is 2. The van der Waals surface area contributed by atoms with E-state index in [0.717, 1.165) is 24.3 Å². The summed E-state index contributed by atoms with van der Waals surface area (Å²) in [5.41, 5.74) is 2.48. The molecule has 0 fully saturated rings. The van der Waals surface area contributed by atoms with Crippen molar-refractivity contribution in [1.29, 1.82) is 0 Å². The van der Waals surface area contributed by atoms with Crippen molar-refractivity contribution >= 4 is 24.0 Å². The normalized spacial score (nSPS) is 9.83. The Morgan fingerprint density at radius 2 is 1.87 bits per heavy atom. The first-order chi connectivity index (χ1) is 10.7. The van der Waals surface area contributed by atoms with Crippen molar-refractivity contribution < 1.29 is 9.53 Å². The number of ether oxygens (including phenoxy) is 1. The molecule has 0 aliphatic rings. The number of anilines is 1. The van der Waals surface area contributed by atoms with Crippen LogP contribution >= 0.6 is 12.4 Å². The lowest BCUT2D eigenvalue weighted by atomic mass is 10.1. The van der Waals surface area contributed by atoms with Gasteiger partial charge in [0.25, 0.3) is 5.91 Å². The molecular weight excluding hydrogens is 312 g/mol. The molecule has 2 aromatic rings. The van der Waals surface area contributed by atoms with Crippen LogP contribution in [0.15, 0.2) is 48.5 Å². The molecule has 0 saturated heterocycles. The van der Waals surface area contributed by atoms with Crippen molar-refractivity contribution in [3.8, 4) is 5.75 Å². The summed E-state index contributed by atoms with van der Waals surface area (Å²) in [4.78, 5) is 12.4. The van der Waals surface area contributed by atoms with Gasteiger partial charge >= 0.3 is 0 Å². The lowest BCUT2D eigenvalue weighted by molar-refractivity contribution is 0.102. The van der Waals surface area contributed by atoms with Gasteiger partial charge in [0.05, 0.1) is 6.61 Å². The van der Waals surface area contributed by atoms with Crippen molar-refractivity contribution in [2.24, 2.45) is 0 Å². The van der Waals surface area contributed by atoms with Crippen LogP contribution in [0.4, 0.5) is 5.69 Å². The fraction of sp³-hybridized carbons (Fsp3) is 0.278. The van der Waals surface area contributed by atoms with Crippen LogP contribution < -0.4 is 15.4 Å². The van der Waals surface area contributed by atoms with Gasteiger partial charge in [0.2, 0.25) is 0 Å². The maximum Gasteiger partial charge on any atom is 0.255 e. The van der Waals surface area contributed by atoms with Crippen LogP contribution in [0.1, 0.15) is 29.8 Å². The van der Waals surface area contributed by atoms with Gasteiger partial charge in [-0.15, -0.1) is 12.4 Å². The molecule has 23 heavy (non-hydrogen) atoms. The zero-order chi connectivity index (χ0) is 15.8. The van der Waals surface area contributed by atoms with Crippen molar-refractivity contribution in [2.75, 3.05) is 18.5 Å². The molecule has 4 nitrogen and oxygen atoms in total. The van der Waals surface area contributed by atoms with Gasteiger partial charge in [-0.1, -0.05) is 31.2 Å². The van der Waals surface area contributed by atoms with Gasteiger partial charge in [0.1, 0.15) is 5.75 Å². The number of para-hydroxylation sites is 1. The molecule has 0 unspecified atom stereocenters. The summed E-state index contributed by atoms with van der Waals surface area (Å²) in [6.07, 6.45) is 0. The maximum absolute atomic E-state index is 12.4. The van der Waals surface area contributed by atoms with Crippen LogP contribution in [0.3, 0.4) is 0 Å². The van der Waals surface area contributed by atoms with Crippen molar-refractivity contribution in [2.45, 2.75) is 20.4 Å². The smallest absolute Gasteiger partial charge is 0.255 e. The third-order valence-corrected chi connectivity index (χ3v) is 3.24. The van der Waals surface area contributed by atoms with E-state index in [-0.39, 0.29) is 18.3 Å². The van der Waals surface area contributed by atoms with E-state index < -0.39 is 0 Å². The second kappa shape index (κ2) is 9.87. The molecule has 0 aromatic heterocycles. The van der Waals surface area contributed by atoms with Gasteiger partial charge in [-0.05, 0) is 43.3 Å². The van der Waals surface area contributed by atoms with Crippen LogP contribution in [0.25, 0.3) is 0 Å². The Morgan fingerprint density at radius 3 is 2.61 bits per heavy atom. The van der Waals surface area contributed by atoms with Crippen LogP contribution in [-0.4, -0.2) is 19.1 Å². The maximum atomic E-state index is 12.4. The highest BCUT2D eigenvalue weighted by Gasteiger charge is 2.09. The van der Waals surface area contributed by atoms with Gasteiger partial charge < -0.3 is 15.4 Å². The summed E-state index contributed by atoms with van der Waals surface area (Å²) in [5.74, 6) is 0.571. The molecule has 1 amide bonds. The van der Waals surface area contributed by atoms with Crippen LogP contribution in [0.2, 0.25) is 0 Å². The second-order valence-electron chi connectivity index (χ2n) is 4.85. The third kappa shape index (κ3) is 5.58. The van der Waals surface area contributed by atoms with E-state index in [2.05, 4.69) is 17.6 Å². The lowest BCUT2D eigenvalue weighted by Gasteiger charge is -2.12. The van der Waals surface area contributed by atoms with Crippen molar-refractivity contribution in [3.05, 3.63) is 59.7 Å². The minimum atomic E-state index is -0.134. The molecular formula is C18H23ClN2O2. The highest BCUT2D eigenvalue weighted by atomic mass is 35.5. The monoisotopic (exact) mass is 334 g/mol. The van der Waals surface area contributed by atoms with Crippen molar-refractivity contribution in [1.82, 2.24) is 5.32 Å². The summed E-state index contributed by atoms with van der Waals surface area (Å²) in [7, 11) is 0. The number of rotatable bonds is 7. The Morgan fingerprint density at radius 1 is 1.09 bits per heavy atom. The zero-order valence-electron chi connectivity index (χ0n) is 13.5. The minimum Gasteiger partial charge on any atom is -0.494 e. The van der Waals surface area contributed by atoms with Gasteiger partial charge in [0, 0.05) is 17.8 Å². The number of hydrogen-bond acceptors (Lipinski definition) is 3. The molecule has 5 heteroatoms. The Kier molecular flexibility index (Phi) is 8.16. The lowest BCUT2D eigenvalue weighted by Crippen LogP contribution is -2.17. The van der Waals surface area contributed by atoms with Crippen molar-refractivity contribution in [3.63, 3.8) is 0 Å². The highest BCUT2D eigenvalue weighted by Crippen LogP contribution is 2.18. The van der Waals surface area contributed by atoms with Gasteiger partial charge in [0.15, 0.2) is 0 Å². The van der Waals surface area contributed by atoms with Crippen LogP contribution in [0.5, 0.6) is 5.75 Å². The van der Waals surface area contributed by atoms with Gasteiger partial charge in [-0.2, -0.15) is 0 Å². The van der Waals surface area contributed by atoms with Gasteiger partial charge in [-0.25, -0.2) is 0 Å². The molecule has 0 bridgehead atoms. The Bertz CT molecular complexity index is 632. The molecule has 0 spiro atoms. The molecule has 0 aliphatic heterocycles. The van der Waals surface area contributed by atoms with Crippen LogP contribution in [-0.2, 0) is 6.54 Å². The first kappa shape index (κ1) is 19.0. The topological polar surface area (TPSA) is 50.4 Å². The molecule has 0 radical (unpaired) electrons. The summed E-state index contributed by atoms with van der Waals surface area (Å²) >= 11 is 0. The fourth-order valence-electron chi connectivity index (χ4n) is 2.14. The van der Waals surface area contributed by atoms with E-state index in [1.165, 1.54) is 0 Å². The first-order valence-corrected chi connectivity index (χ1v) is 7.57. The third-order valence-electron chi connectivity index (χ3n) is 3.24. The average Bonchev–Trinajstić information content (AvgIpc) is 2.54. The van der Waals surface area contributed by atoms with Crippen LogP contribution in [0, 0.1) is 0 Å². The standard InChI is InChI=1S/C18H22N2O2.ClH/c1-3-19-13-15-8-5-6-11-17(15)20-18(21)14-9-7-10-16(12-14)22-4-2;/h5-12,19H,3-4,13H2,1-2H3,(H,20,21);1H. The number of hydrogen-bond donors (Lipinski definition) is 2. The Balaban J connectivity index is 0.00000264. The quantitative estimate of drug-likeness (QED) is 0.808. The van der Waals surface area contributed by atoms with E-state index >= 15 is 0 Å². The number of benzene rings is 2. The highest BCUT2D eigenvalue weighted by molar-refractivity contribution is 6.04. The molecule has 124 valence electrons. The fourth-order valence-corrected chi connectivity index (χ4v) is 2.14. The summed E-state index contributed by atoms with van der Waals surface area (Å²) < 4.78 is 5.43. The molecule has 2 rings (SSSR count). The largest absolute Gasteiger partial charge is 0.494 e. The predicted octanol–water partition coefficient (Wildman–Crippen LogP) is 3.87. The zero-order valence-corrected chi connectivity index (χ0v) is 14.3. The first-order valence-electron chi connectivity index (χ1n) is 7.57. The number of halogens is 1. The number of carbonyl (C=O) groups excluding carboxylic acids is 1. The summed E-state index contributed by atoms with van der Waals surface area (Å²) in [6, 6.07) is 15.0. The molecule has 2 N–H and O–H groups in total. The Labute approximate surface area is 143 Å². The Hall–Kier alpha value is -2.04. The molecule has 0 atom stereocenters. The predicted molar refractivity (Wildman–Crippen MR) is 96.6 cm³/mol. The second-order valence-corrected chi connectivity index (χ2v) is 4.85. The summed E-state index contributed by atoms with van der Waals surface area (Å²) in [5, 5.41) is 6.24. The van der Waals surface area contributed by atoms with E-state index in [4.69, 9.17) is 4.74 Å². The number of carbonyl (C=O) groups is 1. The SMILES string of the molecule is CCNCc1ccccc1NC(=O)c1cccc(OCC)c1.Cl. The van der Waals surface area contributed by atoms with E-state index in [9.17, 15) is 4.79 Å². The molecule has 0 aliphatic carbocycles. The van der Waals surface area contributed by atoms with Gasteiger partial charge in [-0.3, -0.25) is 4.79 Å². The van der Waals surface area contributed by atoms with E-state index in [1.54, 1.807) is 12.1 Å². The molecule has 0 saturated carbocycles. The molecule has 0 heterocycles. The number of amides is 1.